The van der Waals surface area contributed by atoms with E-state index in [2.05, 4.69) is 11.1 Å². The van der Waals surface area contributed by atoms with Gasteiger partial charge in [0.25, 0.3) is 0 Å². The lowest BCUT2D eigenvalue weighted by atomic mass is 10.0. The fourth-order valence-corrected chi connectivity index (χ4v) is 2.45. The van der Waals surface area contributed by atoms with E-state index in [4.69, 9.17) is 10.5 Å². The normalized spacial score (nSPS) is 14.2. The van der Waals surface area contributed by atoms with Gasteiger partial charge in [0.05, 0.1) is 18.2 Å². The van der Waals surface area contributed by atoms with Gasteiger partial charge in [-0.05, 0) is 47.9 Å². The van der Waals surface area contributed by atoms with E-state index in [1.807, 2.05) is 36.4 Å². The number of fused-ring (bicyclic) bond motifs is 1. The number of benzene rings is 1. The summed E-state index contributed by atoms with van der Waals surface area (Å²) in [6.07, 6.45) is 8.20. The predicted molar refractivity (Wildman–Crippen MR) is 88.0 cm³/mol. The van der Waals surface area contributed by atoms with Gasteiger partial charge in [-0.25, -0.2) is 9.78 Å². The molecule has 110 valence electrons. The van der Waals surface area contributed by atoms with Gasteiger partial charge in [0.1, 0.15) is 5.82 Å². The second-order valence-electron chi connectivity index (χ2n) is 5.05. The van der Waals surface area contributed by atoms with E-state index < -0.39 is 0 Å². The Balaban J connectivity index is 1.93. The Morgan fingerprint density at radius 1 is 1.27 bits per heavy atom. The molecule has 0 saturated carbocycles. The molecule has 1 aliphatic carbocycles. The Labute approximate surface area is 128 Å². The first kappa shape index (κ1) is 14.1. The molecule has 4 heteroatoms. The minimum Gasteiger partial charge on any atom is -0.465 e. The maximum absolute atomic E-state index is 11.6. The Bertz CT molecular complexity index is 832. The summed E-state index contributed by atoms with van der Waals surface area (Å²) >= 11 is 0. The van der Waals surface area contributed by atoms with Crippen LogP contribution in [0.25, 0.3) is 16.5 Å². The van der Waals surface area contributed by atoms with Gasteiger partial charge in [-0.2, -0.15) is 0 Å². The molecule has 22 heavy (non-hydrogen) atoms. The minimum atomic E-state index is -0.316. The van der Waals surface area contributed by atoms with Crippen molar-refractivity contribution < 1.29 is 9.53 Å². The summed E-state index contributed by atoms with van der Waals surface area (Å²) in [5.41, 5.74) is 9.38. The van der Waals surface area contributed by atoms with Crippen molar-refractivity contribution in [2.45, 2.75) is 6.42 Å². The van der Waals surface area contributed by atoms with Crippen molar-refractivity contribution >= 4 is 28.3 Å². The average Bonchev–Trinajstić information content (AvgIpc) is 2.79. The van der Waals surface area contributed by atoms with E-state index in [0.29, 0.717) is 17.8 Å². The van der Waals surface area contributed by atoms with Crippen molar-refractivity contribution in [2.24, 2.45) is 0 Å². The lowest BCUT2D eigenvalue weighted by Crippen LogP contribution is -2.02. The number of carbonyl (C=O) groups excluding carboxylic acids is 1. The molecule has 0 bridgehead atoms. The lowest BCUT2D eigenvalue weighted by molar-refractivity contribution is -0.135. The van der Waals surface area contributed by atoms with Crippen LogP contribution < -0.4 is 5.73 Å². The summed E-state index contributed by atoms with van der Waals surface area (Å²) in [6.45, 7) is 0. The topological polar surface area (TPSA) is 65.2 Å². The fourth-order valence-electron chi connectivity index (χ4n) is 2.45. The summed E-state index contributed by atoms with van der Waals surface area (Å²) in [5.74, 6) is 0.201. The number of methoxy groups -OCH3 is 1. The van der Waals surface area contributed by atoms with Gasteiger partial charge in [0.15, 0.2) is 0 Å². The van der Waals surface area contributed by atoms with E-state index in [-0.39, 0.29) is 5.97 Å². The minimum absolute atomic E-state index is 0.316. The number of aromatic nitrogens is 1. The van der Waals surface area contributed by atoms with Crippen molar-refractivity contribution in [3.8, 4) is 0 Å². The molecule has 1 aromatic heterocycles. The number of hydrogen-bond acceptors (Lipinski definition) is 4. The second-order valence-corrected chi connectivity index (χ2v) is 5.05. The first-order valence-corrected chi connectivity index (χ1v) is 7.00. The molecule has 0 unspecified atom stereocenters. The van der Waals surface area contributed by atoms with Crippen LogP contribution in [-0.4, -0.2) is 18.1 Å². The van der Waals surface area contributed by atoms with E-state index in [9.17, 15) is 4.79 Å². The second kappa shape index (κ2) is 5.85. The summed E-state index contributed by atoms with van der Waals surface area (Å²) in [5, 5.41) is 1.04. The van der Waals surface area contributed by atoms with Gasteiger partial charge in [0, 0.05) is 5.39 Å². The zero-order chi connectivity index (χ0) is 15.5. The number of esters is 1. The first-order valence-electron chi connectivity index (χ1n) is 7.00. The molecule has 1 aromatic carbocycles. The molecule has 0 saturated heterocycles. The lowest BCUT2D eigenvalue weighted by Gasteiger charge is -2.06. The average molecular weight is 292 g/mol. The quantitative estimate of drug-likeness (QED) is 0.863. The molecule has 0 atom stereocenters. The molecule has 0 amide bonds. The van der Waals surface area contributed by atoms with Crippen molar-refractivity contribution in [1.82, 2.24) is 4.98 Å². The summed E-state index contributed by atoms with van der Waals surface area (Å²) in [7, 11) is 1.39. The van der Waals surface area contributed by atoms with Crippen LogP contribution in [0.1, 0.15) is 12.0 Å². The molecule has 2 N–H and O–H groups in total. The number of pyridine rings is 1. The highest BCUT2D eigenvalue weighted by Gasteiger charge is 2.09. The third kappa shape index (κ3) is 2.76. The van der Waals surface area contributed by atoms with Crippen LogP contribution in [0.15, 0.2) is 60.2 Å². The summed E-state index contributed by atoms with van der Waals surface area (Å²) < 4.78 is 4.75. The van der Waals surface area contributed by atoms with Crippen LogP contribution in [0.4, 0.5) is 5.82 Å². The van der Waals surface area contributed by atoms with Gasteiger partial charge in [0.2, 0.25) is 0 Å². The van der Waals surface area contributed by atoms with E-state index >= 15 is 0 Å². The fraction of sp³-hybridized carbons (Fsp3) is 0.111. The van der Waals surface area contributed by atoms with Gasteiger partial charge in [-0.15, -0.1) is 0 Å². The number of rotatable bonds is 2. The van der Waals surface area contributed by atoms with Crippen LogP contribution in [0, 0.1) is 0 Å². The first-order chi connectivity index (χ1) is 10.7. The third-order valence-electron chi connectivity index (χ3n) is 3.62. The number of ether oxygens (including phenoxy) is 1. The number of nitrogen functional groups attached to an aromatic ring is 1. The highest BCUT2D eigenvalue weighted by atomic mass is 16.5. The van der Waals surface area contributed by atoms with Gasteiger partial charge in [-0.3, -0.25) is 0 Å². The van der Waals surface area contributed by atoms with Gasteiger partial charge < -0.3 is 10.5 Å². The number of hydrogen-bond donors (Lipinski definition) is 1. The Morgan fingerprint density at radius 3 is 2.95 bits per heavy atom. The number of nitrogens with zero attached hydrogens (tertiary/aromatic N) is 1. The standard InChI is InChI=1S/C18H16N2O2/c1-22-18(21)13-4-2-3-12(5-6-13)14-7-9-16-15(11-14)8-10-17(19)20-16/h2-4,6-11H,5H2,1H3,(H2,19,20). The maximum Gasteiger partial charge on any atom is 0.337 e. The predicted octanol–water partition coefficient (Wildman–Crippen LogP) is 3.26. The van der Waals surface area contributed by atoms with Crippen molar-refractivity contribution in [3.63, 3.8) is 0 Å². The van der Waals surface area contributed by atoms with Crippen LogP contribution >= 0.6 is 0 Å². The number of allylic oxidation sites excluding steroid dienone is 4. The molecule has 0 radical (unpaired) electrons. The molecular weight excluding hydrogens is 276 g/mol. The molecule has 4 nitrogen and oxygen atoms in total. The number of carbonyl (C=O) groups is 1. The summed E-state index contributed by atoms with van der Waals surface area (Å²) in [6, 6.07) is 9.82. The Hall–Kier alpha value is -2.88. The van der Waals surface area contributed by atoms with E-state index in [0.717, 1.165) is 22.0 Å². The summed E-state index contributed by atoms with van der Waals surface area (Å²) in [4.78, 5) is 15.9. The third-order valence-corrected chi connectivity index (χ3v) is 3.62. The largest absolute Gasteiger partial charge is 0.465 e. The number of anilines is 1. The van der Waals surface area contributed by atoms with Crippen LogP contribution in [-0.2, 0) is 9.53 Å². The smallest absolute Gasteiger partial charge is 0.337 e. The van der Waals surface area contributed by atoms with E-state index in [1.54, 1.807) is 12.1 Å². The molecule has 1 heterocycles. The van der Waals surface area contributed by atoms with Crippen molar-refractivity contribution in [2.75, 3.05) is 12.8 Å². The molecule has 0 fully saturated rings. The highest BCUT2D eigenvalue weighted by Crippen LogP contribution is 2.26. The van der Waals surface area contributed by atoms with Crippen molar-refractivity contribution in [1.29, 1.82) is 0 Å². The highest BCUT2D eigenvalue weighted by molar-refractivity contribution is 5.93. The molecule has 2 aromatic rings. The van der Waals surface area contributed by atoms with Gasteiger partial charge >= 0.3 is 5.97 Å². The van der Waals surface area contributed by atoms with E-state index in [1.165, 1.54) is 7.11 Å². The Kier molecular flexibility index (Phi) is 3.74. The van der Waals surface area contributed by atoms with Crippen LogP contribution in [0.2, 0.25) is 0 Å². The SMILES string of the molecule is COC(=O)C1=CCC(c2ccc3nc(N)ccc3c2)=CC=C1. The van der Waals surface area contributed by atoms with Gasteiger partial charge in [-0.1, -0.05) is 24.3 Å². The van der Waals surface area contributed by atoms with Crippen LogP contribution in [0.5, 0.6) is 0 Å². The molecule has 0 aliphatic heterocycles. The monoisotopic (exact) mass is 292 g/mol. The zero-order valence-electron chi connectivity index (χ0n) is 12.2. The molecule has 1 aliphatic rings. The van der Waals surface area contributed by atoms with Crippen molar-refractivity contribution in [3.05, 3.63) is 65.8 Å². The molecular formula is C18H16N2O2. The molecule has 3 rings (SSSR count). The maximum atomic E-state index is 11.6. The Morgan fingerprint density at radius 2 is 2.14 bits per heavy atom. The zero-order valence-corrected chi connectivity index (χ0v) is 12.2. The molecule has 0 spiro atoms. The van der Waals surface area contributed by atoms with Crippen LogP contribution in [0.3, 0.4) is 0 Å². The number of nitrogens with two attached hydrogens (primary N) is 1.